The molecule has 4 heteroatoms. The van der Waals surface area contributed by atoms with Crippen LogP contribution in [-0.4, -0.2) is 19.5 Å². The van der Waals surface area contributed by atoms with Crippen molar-refractivity contribution in [3.05, 3.63) is 115 Å². The maximum atomic E-state index is 5.17. The summed E-state index contributed by atoms with van der Waals surface area (Å²) in [6.07, 6.45) is 15.2. The van der Waals surface area contributed by atoms with Crippen LogP contribution in [0.5, 0.6) is 0 Å². The monoisotopic (exact) mass is 532 g/mol. The molecule has 4 bridgehead atoms. The quantitative estimate of drug-likeness (QED) is 0.228. The summed E-state index contributed by atoms with van der Waals surface area (Å²) in [6, 6.07) is 31.2. The molecule has 0 radical (unpaired) electrons. The molecular formula is C37H32N4. The van der Waals surface area contributed by atoms with E-state index in [2.05, 4.69) is 87.3 Å². The van der Waals surface area contributed by atoms with E-state index in [-0.39, 0.29) is 11.0 Å². The molecular weight excluding hydrogens is 500 g/mol. The van der Waals surface area contributed by atoms with E-state index < -0.39 is 0 Å². The van der Waals surface area contributed by atoms with Gasteiger partial charge in [0, 0.05) is 63.3 Å². The fourth-order valence-electron chi connectivity index (χ4n) is 9.41. The molecule has 2 atom stereocenters. The van der Waals surface area contributed by atoms with Crippen LogP contribution in [0, 0.1) is 11.8 Å². The molecule has 0 amide bonds. The van der Waals surface area contributed by atoms with Crippen LogP contribution in [0.15, 0.2) is 110 Å². The fourth-order valence-corrected chi connectivity index (χ4v) is 9.41. The van der Waals surface area contributed by atoms with Crippen LogP contribution in [-0.2, 0) is 11.0 Å². The molecule has 0 spiro atoms. The highest BCUT2D eigenvalue weighted by atomic mass is 15.1. The third kappa shape index (κ3) is 3.49. The summed E-state index contributed by atoms with van der Waals surface area (Å²) < 4.78 is 2.79. The molecule has 4 nitrogen and oxygen atoms in total. The Morgan fingerprint density at radius 3 is 1.73 bits per heavy atom. The lowest BCUT2D eigenvalue weighted by atomic mass is 9.45. The molecule has 2 aromatic carbocycles. The second-order valence-corrected chi connectivity index (χ2v) is 12.9. The zero-order valence-electron chi connectivity index (χ0n) is 23.1. The average Bonchev–Trinajstić information content (AvgIpc) is 3.36. The minimum Gasteiger partial charge on any atom is -0.334 e. The first-order valence-electron chi connectivity index (χ1n) is 15.0. The Balaban J connectivity index is 1.26. The third-order valence-electron chi connectivity index (χ3n) is 10.4. The van der Waals surface area contributed by atoms with Crippen molar-refractivity contribution < 1.29 is 0 Å². The van der Waals surface area contributed by atoms with Crippen molar-refractivity contribution in [2.75, 3.05) is 0 Å². The molecule has 41 heavy (non-hydrogen) atoms. The first-order chi connectivity index (χ1) is 20.2. The average molecular weight is 533 g/mol. The molecule has 4 aliphatic rings. The van der Waals surface area contributed by atoms with Gasteiger partial charge in [0.2, 0.25) is 0 Å². The van der Waals surface area contributed by atoms with Gasteiger partial charge in [-0.1, -0.05) is 36.4 Å². The molecule has 0 N–H and O–H groups in total. The van der Waals surface area contributed by atoms with Crippen LogP contribution in [0.4, 0.5) is 0 Å². The zero-order chi connectivity index (χ0) is 27.0. The predicted octanol–water partition coefficient (Wildman–Crippen LogP) is 8.56. The minimum absolute atomic E-state index is 0.124. The number of para-hydroxylation sites is 2. The first kappa shape index (κ1) is 23.4. The van der Waals surface area contributed by atoms with Crippen molar-refractivity contribution in [1.82, 2.24) is 19.5 Å². The summed E-state index contributed by atoms with van der Waals surface area (Å²) >= 11 is 0. The summed E-state index contributed by atoms with van der Waals surface area (Å²) in [6.45, 7) is 0. The molecule has 4 aliphatic carbocycles. The van der Waals surface area contributed by atoms with Gasteiger partial charge >= 0.3 is 0 Å². The number of fused-ring (bicyclic) bond motifs is 3. The van der Waals surface area contributed by atoms with Crippen molar-refractivity contribution in [1.29, 1.82) is 0 Å². The van der Waals surface area contributed by atoms with Crippen LogP contribution in [0.1, 0.15) is 44.1 Å². The van der Waals surface area contributed by atoms with Gasteiger partial charge < -0.3 is 4.57 Å². The Bertz CT molecular complexity index is 1800. The highest BCUT2D eigenvalue weighted by Crippen LogP contribution is 2.66. The normalized spacial score (nSPS) is 26.6. The first-order valence-corrected chi connectivity index (χ1v) is 15.0. The van der Waals surface area contributed by atoms with Gasteiger partial charge in [-0.15, -0.1) is 0 Å². The molecule has 4 aromatic heterocycles. The van der Waals surface area contributed by atoms with E-state index in [0.29, 0.717) is 0 Å². The summed E-state index contributed by atoms with van der Waals surface area (Å²) in [4.78, 5) is 14.0. The van der Waals surface area contributed by atoms with Gasteiger partial charge in [-0.2, -0.15) is 0 Å². The minimum atomic E-state index is 0.124. The van der Waals surface area contributed by atoms with Gasteiger partial charge in [-0.05, 0) is 110 Å². The van der Waals surface area contributed by atoms with Gasteiger partial charge in [-0.3, -0.25) is 9.97 Å². The van der Waals surface area contributed by atoms with Gasteiger partial charge in [0.15, 0.2) is 0 Å². The van der Waals surface area contributed by atoms with E-state index in [1.807, 2.05) is 36.9 Å². The van der Waals surface area contributed by atoms with Crippen molar-refractivity contribution in [2.24, 2.45) is 11.8 Å². The summed E-state index contributed by atoms with van der Waals surface area (Å²) in [5.41, 5.74) is 8.66. The number of hydrogen-bond donors (Lipinski definition) is 0. The second kappa shape index (κ2) is 8.59. The molecule has 4 heterocycles. The SMILES string of the molecule is c1cncc(-c2cc(C34CC5CC(C3)CC(n3c6ccccc6c6ccccc63)(C5)C4)cc(-c3cccnc3)n2)c1. The van der Waals surface area contributed by atoms with E-state index >= 15 is 0 Å². The van der Waals surface area contributed by atoms with E-state index in [4.69, 9.17) is 4.98 Å². The third-order valence-corrected chi connectivity index (χ3v) is 10.4. The lowest BCUT2D eigenvalue weighted by Crippen LogP contribution is -2.58. The molecule has 6 aromatic rings. The van der Waals surface area contributed by atoms with E-state index in [1.54, 1.807) is 0 Å². The summed E-state index contributed by atoms with van der Waals surface area (Å²) in [5.74, 6) is 1.49. The van der Waals surface area contributed by atoms with E-state index in [9.17, 15) is 0 Å². The summed E-state index contributed by atoms with van der Waals surface area (Å²) in [7, 11) is 0. The molecule has 0 aliphatic heterocycles. The highest BCUT2D eigenvalue weighted by Gasteiger charge is 2.59. The topological polar surface area (TPSA) is 43.6 Å². The Labute approximate surface area is 240 Å². The molecule has 4 saturated carbocycles. The smallest absolute Gasteiger partial charge is 0.0727 e. The van der Waals surface area contributed by atoms with Crippen LogP contribution >= 0.6 is 0 Å². The largest absolute Gasteiger partial charge is 0.334 e. The Morgan fingerprint density at radius 1 is 0.634 bits per heavy atom. The number of rotatable bonds is 4. The predicted molar refractivity (Wildman–Crippen MR) is 164 cm³/mol. The van der Waals surface area contributed by atoms with Crippen molar-refractivity contribution >= 4 is 21.8 Å². The van der Waals surface area contributed by atoms with E-state index in [1.165, 1.54) is 65.9 Å². The second-order valence-electron chi connectivity index (χ2n) is 12.9. The fraction of sp³-hybridized carbons (Fsp3) is 0.270. The Morgan fingerprint density at radius 2 is 1.20 bits per heavy atom. The molecule has 10 rings (SSSR count). The zero-order valence-corrected chi connectivity index (χ0v) is 23.1. The van der Waals surface area contributed by atoms with Crippen molar-refractivity contribution in [3.63, 3.8) is 0 Å². The number of hydrogen-bond acceptors (Lipinski definition) is 3. The lowest BCUT2D eigenvalue weighted by Gasteiger charge is -2.63. The summed E-state index contributed by atoms with van der Waals surface area (Å²) in [5, 5.41) is 2.77. The maximum Gasteiger partial charge on any atom is 0.0727 e. The van der Waals surface area contributed by atoms with Crippen LogP contribution in [0.3, 0.4) is 0 Å². The van der Waals surface area contributed by atoms with E-state index in [0.717, 1.165) is 34.4 Å². The maximum absolute atomic E-state index is 5.17. The van der Waals surface area contributed by atoms with Gasteiger partial charge in [0.25, 0.3) is 0 Å². The van der Waals surface area contributed by atoms with Crippen LogP contribution < -0.4 is 0 Å². The molecule has 0 saturated heterocycles. The number of benzene rings is 2. The molecule has 200 valence electrons. The van der Waals surface area contributed by atoms with Gasteiger partial charge in [0.05, 0.1) is 11.4 Å². The number of aromatic nitrogens is 4. The van der Waals surface area contributed by atoms with Crippen LogP contribution in [0.2, 0.25) is 0 Å². The van der Waals surface area contributed by atoms with Crippen molar-refractivity contribution in [3.8, 4) is 22.5 Å². The van der Waals surface area contributed by atoms with Gasteiger partial charge in [-0.25, -0.2) is 4.98 Å². The number of nitrogens with zero attached hydrogens (tertiary/aromatic N) is 4. The number of pyridine rings is 3. The standard InChI is InChI=1S/C37H32N4/c1-3-11-34-30(9-1)31-10-2-4-12-35(31)41(34)37-20-25-15-26(21-37)19-36(18-25,24-37)29-16-32(27-7-5-13-38-22-27)40-33(17-29)28-8-6-14-39-23-28/h1-14,16-17,22-23,25-26H,15,18-21,24H2. The highest BCUT2D eigenvalue weighted by molar-refractivity contribution is 6.08. The van der Waals surface area contributed by atoms with Gasteiger partial charge in [0.1, 0.15) is 0 Å². The molecule has 4 fully saturated rings. The molecule has 2 unspecified atom stereocenters. The Hall–Kier alpha value is -4.31. The van der Waals surface area contributed by atoms with Crippen LogP contribution in [0.25, 0.3) is 44.3 Å². The lowest BCUT2D eigenvalue weighted by molar-refractivity contribution is -0.0588. The van der Waals surface area contributed by atoms with Crippen molar-refractivity contribution in [2.45, 2.75) is 49.5 Å². The Kier molecular flexibility index (Phi) is 4.91.